The van der Waals surface area contributed by atoms with E-state index in [-0.39, 0.29) is 17.3 Å². The maximum absolute atomic E-state index is 14.4. The molecule has 7 nitrogen and oxygen atoms in total. The summed E-state index contributed by atoms with van der Waals surface area (Å²) >= 11 is 0. The number of rotatable bonds is 5. The van der Waals surface area contributed by atoms with Crippen LogP contribution in [0.1, 0.15) is 59.4 Å². The predicted molar refractivity (Wildman–Crippen MR) is 110 cm³/mol. The molecule has 1 N–H and O–H groups in total. The van der Waals surface area contributed by atoms with Crippen molar-refractivity contribution in [3.63, 3.8) is 0 Å². The van der Waals surface area contributed by atoms with Crippen LogP contribution in [0.15, 0.2) is 47.1 Å². The zero-order chi connectivity index (χ0) is 20.9. The fourth-order valence-electron chi connectivity index (χ4n) is 3.64. The lowest BCUT2D eigenvalue weighted by molar-refractivity contribution is 0.0940. The minimum atomic E-state index is -0.874. The third-order valence-electron chi connectivity index (χ3n) is 5.23. The van der Waals surface area contributed by atoms with Crippen LogP contribution in [0, 0.1) is 12.7 Å². The molecule has 0 spiro atoms. The Bertz CT molecular complexity index is 997. The van der Waals surface area contributed by atoms with Crippen LogP contribution in [0.3, 0.4) is 0 Å². The van der Waals surface area contributed by atoms with Gasteiger partial charge in [0, 0.05) is 31.8 Å². The number of hydrogen-bond acceptors (Lipinski definition) is 6. The minimum absolute atomic E-state index is 0.195. The van der Waals surface area contributed by atoms with Gasteiger partial charge in [-0.05, 0) is 31.0 Å². The van der Waals surface area contributed by atoms with Gasteiger partial charge in [0.25, 0.3) is 5.91 Å². The van der Waals surface area contributed by atoms with Gasteiger partial charge in [0.1, 0.15) is 17.7 Å². The zero-order valence-corrected chi connectivity index (χ0v) is 16.8. The van der Waals surface area contributed by atoms with Crippen molar-refractivity contribution in [3.8, 4) is 0 Å². The van der Waals surface area contributed by atoms with Crippen molar-refractivity contribution in [1.29, 1.82) is 0 Å². The van der Waals surface area contributed by atoms with Gasteiger partial charge >= 0.3 is 0 Å². The van der Waals surface area contributed by atoms with Crippen molar-refractivity contribution < 1.29 is 13.7 Å². The van der Waals surface area contributed by atoms with Crippen LogP contribution in [0.25, 0.3) is 0 Å². The van der Waals surface area contributed by atoms with Gasteiger partial charge in [-0.3, -0.25) is 4.79 Å². The van der Waals surface area contributed by atoms with Gasteiger partial charge < -0.3 is 14.7 Å². The van der Waals surface area contributed by atoms with Crippen molar-refractivity contribution in [2.45, 2.75) is 38.6 Å². The van der Waals surface area contributed by atoms with Gasteiger partial charge in [-0.2, -0.15) is 4.98 Å². The summed E-state index contributed by atoms with van der Waals surface area (Å²) in [6.07, 6.45) is 6.33. The molecule has 0 radical (unpaired) electrons. The van der Waals surface area contributed by atoms with E-state index in [0.29, 0.717) is 11.5 Å². The number of nitrogens with zero attached hydrogens (tertiary/aromatic N) is 4. The molecular formula is C22H24FN5O2. The number of aromatic nitrogens is 3. The van der Waals surface area contributed by atoms with Gasteiger partial charge in [-0.25, -0.2) is 9.37 Å². The second-order valence-electron chi connectivity index (χ2n) is 7.41. The van der Waals surface area contributed by atoms with E-state index in [9.17, 15) is 9.18 Å². The van der Waals surface area contributed by atoms with E-state index >= 15 is 0 Å². The van der Waals surface area contributed by atoms with Crippen LogP contribution >= 0.6 is 0 Å². The molecule has 2 aromatic heterocycles. The van der Waals surface area contributed by atoms with Crippen LogP contribution in [-0.2, 0) is 0 Å². The van der Waals surface area contributed by atoms with E-state index < -0.39 is 11.9 Å². The SMILES string of the molecule is Cc1nc([C@@H](NC(=O)c2ccc(N3CCCCCC3)nc2)c2ccccc2F)no1. The number of amides is 1. The molecule has 1 aliphatic heterocycles. The average Bonchev–Trinajstić information content (AvgIpc) is 3.01. The highest BCUT2D eigenvalue weighted by Crippen LogP contribution is 2.23. The Morgan fingerprint density at radius 3 is 2.53 bits per heavy atom. The number of carbonyl (C=O) groups is 1. The molecular weight excluding hydrogens is 385 g/mol. The van der Waals surface area contributed by atoms with Crippen LogP contribution in [0.2, 0.25) is 0 Å². The standard InChI is InChI=1S/C22H24FN5O2/c1-15-25-21(27-30-15)20(17-8-4-5-9-18(17)23)26-22(29)16-10-11-19(24-14-16)28-12-6-2-3-7-13-28/h4-5,8-11,14,20H,2-3,6-7,12-13H2,1H3,(H,26,29)/t20-/m0/s1. The molecule has 4 rings (SSSR count). The Balaban J connectivity index is 1.54. The lowest BCUT2D eigenvalue weighted by Gasteiger charge is -2.21. The van der Waals surface area contributed by atoms with E-state index in [0.717, 1.165) is 31.7 Å². The van der Waals surface area contributed by atoms with Crippen LogP contribution in [0.5, 0.6) is 0 Å². The van der Waals surface area contributed by atoms with Gasteiger partial charge in [0.15, 0.2) is 5.82 Å². The Morgan fingerprint density at radius 1 is 1.13 bits per heavy atom. The number of carbonyl (C=O) groups excluding carboxylic acids is 1. The maximum Gasteiger partial charge on any atom is 0.253 e. The topological polar surface area (TPSA) is 84.2 Å². The molecule has 3 aromatic rings. The van der Waals surface area contributed by atoms with E-state index in [1.165, 1.54) is 18.9 Å². The Hall–Kier alpha value is -3.29. The second kappa shape index (κ2) is 9.02. The van der Waals surface area contributed by atoms with Crippen LogP contribution in [0.4, 0.5) is 10.2 Å². The highest BCUT2D eigenvalue weighted by atomic mass is 19.1. The van der Waals surface area contributed by atoms with E-state index in [1.54, 1.807) is 37.4 Å². The Labute approximate surface area is 174 Å². The monoisotopic (exact) mass is 409 g/mol. The maximum atomic E-state index is 14.4. The quantitative estimate of drug-likeness (QED) is 0.690. The summed E-state index contributed by atoms with van der Waals surface area (Å²) in [7, 11) is 0. The van der Waals surface area contributed by atoms with Gasteiger partial charge in [0.2, 0.25) is 5.89 Å². The molecule has 30 heavy (non-hydrogen) atoms. The molecule has 3 heterocycles. The lowest BCUT2D eigenvalue weighted by atomic mass is 10.0. The first-order valence-electron chi connectivity index (χ1n) is 10.2. The average molecular weight is 409 g/mol. The molecule has 1 aliphatic rings. The molecule has 156 valence electrons. The molecule has 0 saturated carbocycles. The van der Waals surface area contributed by atoms with Gasteiger partial charge in [0.05, 0.1) is 5.56 Å². The van der Waals surface area contributed by atoms with Crippen molar-refractivity contribution >= 4 is 11.7 Å². The molecule has 1 atom stereocenters. The summed E-state index contributed by atoms with van der Waals surface area (Å²) in [5.41, 5.74) is 0.649. The number of aryl methyl sites for hydroxylation is 1. The largest absolute Gasteiger partial charge is 0.357 e. The lowest BCUT2D eigenvalue weighted by Crippen LogP contribution is -2.31. The van der Waals surface area contributed by atoms with E-state index in [2.05, 4.69) is 25.3 Å². The fraction of sp³-hybridized carbons (Fsp3) is 0.364. The first kappa shape index (κ1) is 20.0. The molecule has 1 aromatic carbocycles. The smallest absolute Gasteiger partial charge is 0.253 e. The molecule has 0 bridgehead atoms. The summed E-state index contributed by atoms with van der Waals surface area (Å²) in [4.78, 5) is 23.8. The van der Waals surface area contributed by atoms with Crippen molar-refractivity contribution in [1.82, 2.24) is 20.4 Å². The Morgan fingerprint density at radius 2 is 1.90 bits per heavy atom. The number of anilines is 1. The predicted octanol–water partition coefficient (Wildman–Crippen LogP) is 3.81. The Kier molecular flexibility index (Phi) is 6.02. The first-order chi connectivity index (χ1) is 14.6. The fourth-order valence-corrected chi connectivity index (χ4v) is 3.64. The molecule has 0 aliphatic carbocycles. The summed E-state index contributed by atoms with van der Waals surface area (Å²) in [5.74, 6) is 0.553. The number of halogens is 1. The molecule has 1 saturated heterocycles. The summed E-state index contributed by atoms with van der Waals surface area (Å²) in [6.45, 7) is 3.60. The molecule has 1 fully saturated rings. The highest BCUT2D eigenvalue weighted by Gasteiger charge is 2.25. The third kappa shape index (κ3) is 4.48. The summed E-state index contributed by atoms with van der Waals surface area (Å²) in [6, 6.07) is 8.93. The van der Waals surface area contributed by atoms with E-state index in [4.69, 9.17) is 4.52 Å². The molecule has 1 amide bonds. The van der Waals surface area contributed by atoms with Crippen molar-refractivity contribution in [2.75, 3.05) is 18.0 Å². The van der Waals surface area contributed by atoms with Crippen molar-refractivity contribution in [3.05, 3.63) is 71.3 Å². The van der Waals surface area contributed by atoms with Crippen molar-refractivity contribution in [2.24, 2.45) is 0 Å². The summed E-state index contributed by atoms with van der Waals surface area (Å²) in [5, 5.41) is 6.69. The zero-order valence-electron chi connectivity index (χ0n) is 16.8. The number of pyridine rings is 1. The highest BCUT2D eigenvalue weighted by molar-refractivity contribution is 5.94. The number of hydrogen-bond donors (Lipinski definition) is 1. The number of benzene rings is 1. The van der Waals surface area contributed by atoms with Crippen LogP contribution in [-0.4, -0.2) is 34.1 Å². The van der Waals surface area contributed by atoms with E-state index in [1.807, 2.05) is 6.07 Å². The van der Waals surface area contributed by atoms with Gasteiger partial charge in [-0.15, -0.1) is 0 Å². The third-order valence-corrected chi connectivity index (χ3v) is 5.23. The molecule has 0 unspecified atom stereocenters. The number of nitrogens with one attached hydrogen (secondary N) is 1. The normalized spacial score (nSPS) is 15.5. The summed E-state index contributed by atoms with van der Waals surface area (Å²) < 4.78 is 19.5. The van der Waals surface area contributed by atoms with Crippen LogP contribution < -0.4 is 10.2 Å². The minimum Gasteiger partial charge on any atom is -0.357 e. The first-order valence-corrected chi connectivity index (χ1v) is 10.2. The molecule has 8 heteroatoms. The second-order valence-corrected chi connectivity index (χ2v) is 7.41. The van der Waals surface area contributed by atoms with Gasteiger partial charge in [-0.1, -0.05) is 36.2 Å².